The minimum atomic E-state index is -2.19. The number of esters is 2. The zero-order valence-corrected chi connectivity index (χ0v) is 49.8. The largest absolute Gasteiger partial charge is 0.459 e. The molecule has 2 fully saturated rings. The Bertz CT molecular complexity index is 2060. The van der Waals surface area contributed by atoms with Crippen molar-refractivity contribution in [2.24, 2.45) is 70.0 Å². The summed E-state index contributed by atoms with van der Waals surface area (Å²) in [5, 5.41) is 43.7. The molecule has 4 aliphatic rings. The van der Waals surface area contributed by atoms with Gasteiger partial charge in [-0.2, -0.15) is 0 Å². The highest BCUT2D eigenvalue weighted by Gasteiger charge is 2.49. The minimum absolute atomic E-state index is 0.00330. The van der Waals surface area contributed by atoms with Gasteiger partial charge in [0.2, 0.25) is 0 Å². The number of aldehydes is 1. The first kappa shape index (κ1) is 67.1. The van der Waals surface area contributed by atoms with Gasteiger partial charge in [-0.05, 0) is 126 Å². The van der Waals surface area contributed by atoms with Gasteiger partial charge in [0.1, 0.15) is 23.7 Å². The number of ether oxygens (including phenoxy) is 6. The summed E-state index contributed by atoms with van der Waals surface area (Å²) in [6.45, 7) is 36.6. The van der Waals surface area contributed by atoms with Crippen molar-refractivity contribution < 1.29 is 77.6 Å². The van der Waals surface area contributed by atoms with E-state index in [2.05, 4.69) is 27.7 Å². The predicted molar refractivity (Wildman–Crippen MR) is 288 cm³/mol. The summed E-state index contributed by atoms with van der Waals surface area (Å²) >= 11 is 0. The van der Waals surface area contributed by atoms with Crippen LogP contribution in [0.2, 0.25) is 0 Å². The number of ketones is 3. The molecular formula is C60H100O16. The molecule has 0 aliphatic carbocycles. The van der Waals surface area contributed by atoms with E-state index in [0.717, 1.165) is 12.8 Å². The molecule has 0 saturated carbocycles. The number of aliphatic hydroxyl groups is 4. The molecule has 16 heteroatoms. The number of carbonyl (C=O) groups excluding carboxylic acids is 6. The monoisotopic (exact) mass is 1080 g/mol. The lowest BCUT2D eigenvalue weighted by molar-refractivity contribution is -0.273. The Labute approximate surface area is 455 Å². The minimum Gasteiger partial charge on any atom is -0.459 e. The normalized spacial score (nSPS) is 44.0. The van der Waals surface area contributed by atoms with Gasteiger partial charge in [-0.3, -0.25) is 28.8 Å². The van der Waals surface area contributed by atoms with Gasteiger partial charge in [-0.1, -0.05) is 96.9 Å². The molecule has 0 bridgehead atoms. The zero-order valence-electron chi connectivity index (χ0n) is 49.8. The van der Waals surface area contributed by atoms with Crippen LogP contribution in [-0.4, -0.2) is 129 Å². The number of aliphatic hydroxyl groups excluding tert-OH is 2. The number of rotatable bonds is 8. The molecule has 0 amide bonds. The lowest BCUT2D eigenvalue weighted by Gasteiger charge is -2.46. The van der Waals surface area contributed by atoms with Crippen LogP contribution >= 0.6 is 0 Å². The summed E-state index contributed by atoms with van der Waals surface area (Å²) in [7, 11) is 0. The summed E-state index contributed by atoms with van der Waals surface area (Å²) in [5.41, 5.74) is -4.87. The smallest absolute Gasteiger partial charge is 0.316 e. The van der Waals surface area contributed by atoms with E-state index in [9.17, 15) is 49.2 Å². The molecule has 4 rings (SSSR count). The number of Topliss-reactive ketones (excluding diaryl/α,β-unsaturated/α-hetero) is 3. The second kappa shape index (κ2) is 27.3. The lowest BCUT2D eigenvalue weighted by atomic mass is 9.70. The summed E-state index contributed by atoms with van der Waals surface area (Å²) < 4.78 is 36.9. The van der Waals surface area contributed by atoms with Crippen LogP contribution in [0, 0.1) is 70.0 Å². The van der Waals surface area contributed by atoms with Gasteiger partial charge in [0.05, 0.1) is 43.0 Å². The molecule has 0 aromatic rings. The maximum absolute atomic E-state index is 13.7. The summed E-state index contributed by atoms with van der Waals surface area (Å²) in [5.74, 6) is -5.54. The van der Waals surface area contributed by atoms with Crippen LogP contribution < -0.4 is 0 Å². The molecule has 0 aromatic heterocycles. The number of allylic oxidation sites excluding steroid dienone is 2. The van der Waals surface area contributed by atoms with E-state index < -0.39 is 119 Å². The average Bonchev–Trinajstić information content (AvgIpc) is 3.35. The topological polar surface area (TPSA) is 239 Å². The van der Waals surface area contributed by atoms with Gasteiger partial charge in [0.15, 0.2) is 41.8 Å². The second-order valence-corrected chi connectivity index (χ2v) is 25.3. The van der Waals surface area contributed by atoms with Gasteiger partial charge in [0, 0.05) is 35.5 Å². The van der Waals surface area contributed by atoms with Gasteiger partial charge in [0.25, 0.3) is 0 Å². The van der Waals surface area contributed by atoms with E-state index in [1.54, 1.807) is 48.5 Å². The molecule has 21 atom stereocenters. The molecular weight excluding hydrogens is 977 g/mol. The molecule has 436 valence electrons. The summed E-state index contributed by atoms with van der Waals surface area (Å²) in [6.07, 6.45) is 0.128. The van der Waals surface area contributed by atoms with Gasteiger partial charge in [-0.25, -0.2) is 0 Å². The van der Waals surface area contributed by atoms with E-state index in [-0.39, 0.29) is 66.1 Å². The molecule has 4 N–H and O–H groups in total. The van der Waals surface area contributed by atoms with Crippen LogP contribution in [0.15, 0.2) is 23.3 Å². The fourth-order valence-electron chi connectivity index (χ4n) is 12.5. The number of cyclic esters (lactones) is 2. The fraction of sp³-hybridized carbons (Fsp3) is 0.833. The van der Waals surface area contributed by atoms with E-state index in [0.29, 0.717) is 30.3 Å². The third-order valence-corrected chi connectivity index (χ3v) is 17.5. The molecule has 4 aliphatic heterocycles. The Morgan fingerprint density at radius 1 is 0.618 bits per heavy atom. The molecule has 16 nitrogen and oxygen atoms in total. The van der Waals surface area contributed by atoms with Crippen LogP contribution in [0.25, 0.3) is 0 Å². The Morgan fingerprint density at radius 2 is 1.04 bits per heavy atom. The summed E-state index contributed by atoms with van der Waals surface area (Å²) in [4.78, 5) is 78.7. The maximum Gasteiger partial charge on any atom is 0.316 e. The van der Waals surface area contributed by atoms with E-state index in [1.807, 2.05) is 55.4 Å². The van der Waals surface area contributed by atoms with Gasteiger partial charge < -0.3 is 48.8 Å². The molecule has 0 aromatic carbocycles. The van der Waals surface area contributed by atoms with Crippen molar-refractivity contribution in [3.05, 3.63) is 23.3 Å². The molecule has 4 heterocycles. The SMILES string of the molecule is CC[C@H]1OC(=O)[C@H](C)C(=O)[C@H](C)[C@@H](OC2O[C@H](C)C[C@H](C)[C@H]2C)C(C)(C)C[C@@H](C)C(=O)/C(C)=C/[C@@]1(O)C=O.CC[C@H]1OC(=O)[C@H](C)[C@@H](O)[C@H](C)[C@@H](OC2O[C@H](C)C[C@H](C)[C@H]2C)C(C)(C)C[C@@H](C)C(=O)/C(C)=C/[C@@]1(O)CO. The van der Waals surface area contributed by atoms with Crippen molar-refractivity contribution in [3.63, 3.8) is 0 Å². The Balaban J connectivity index is 0.000000400. The fourth-order valence-corrected chi connectivity index (χ4v) is 12.5. The highest BCUT2D eigenvalue weighted by molar-refractivity contribution is 6.00. The summed E-state index contributed by atoms with van der Waals surface area (Å²) in [6, 6.07) is 0. The van der Waals surface area contributed by atoms with Crippen molar-refractivity contribution in [3.8, 4) is 0 Å². The lowest BCUT2D eigenvalue weighted by Crippen LogP contribution is -2.52. The van der Waals surface area contributed by atoms with E-state index in [4.69, 9.17) is 28.4 Å². The third-order valence-electron chi connectivity index (χ3n) is 17.5. The third kappa shape index (κ3) is 16.0. The first-order valence-corrected chi connectivity index (χ1v) is 28.2. The first-order valence-electron chi connectivity index (χ1n) is 28.2. The van der Waals surface area contributed by atoms with Crippen molar-refractivity contribution >= 4 is 35.6 Å². The highest BCUT2D eigenvalue weighted by atomic mass is 16.7. The predicted octanol–water partition coefficient (Wildman–Crippen LogP) is 8.49. The van der Waals surface area contributed by atoms with E-state index >= 15 is 0 Å². The zero-order chi connectivity index (χ0) is 58.3. The number of carbonyl (C=O) groups is 6. The maximum atomic E-state index is 13.7. The Morgan fingerprint density at radius 3 is 1.47 bits per heavy atom. The van der Waals surface area contributed by atoms with Gasteiger partial charge >= 0.3 is 11.9 Å². The average molecular weight is 1080 g/mol. The van der Waals surface area contributed by atoms with Crippen LogP contribution in [0.3, 0.4) is 0 Å². The first-order chi connectivity index (χ1) is 35.0. The van der Waals surface area contributed by atoms with Crippen molar-refractivity contribution in [2.45, 2.75) is 244 Å². The molecule has 2 unspecified atom stereocenters. The highest BCUT2D eigenvalue weighted by Crippen LogP contribution is 2.44. The van der Waals surface area contributed by atoms with Gasteiger partial charge in [-0.15, -0.1) is 0 Å². The quantitative estimate of drug-likeness (QED) is 0.101. The molecule has 76 heavy (non-hydrogen) atoms. The van der Waals surface area contributed by atoms with Crippen LogP contribution in [0.5, 0.6) is 0 Å². The van der Waals surface area contributed by atoms with Crippen LogP contribution in [-0.2, 0) is 57.2 Å². The van der Waals surface area contributed by atoms with Crippen molar-refractivity contribution in [1.82, 2.24) is 0 Å². The van der Waals surface area contributed by atoms with Crippen LogP contribution in [0.4, 0.5) is 0 Å². The van der Waals surface area contributed by atoms with Crippen molar-refractivity contribution in [1.29, 1.82) is 0 Å². The molecule has 0 spiro atoms. The molecule has 0 radical (unpaired) electrons. The van der Waals surface area contributed by atoms with Crippen LogP contribution in [0.1, 0.15) is 177 Å². The van der Waals surface area contributed by atoms with E-state index in [1.165, 1.54) is 19.1 Å². The standard InChI is InChI=1S/C30H52O8.C30H48O8/c2*1-11-23-30(35,15-31)14-18(4)24(32)17(3)13-29(9,10)26(21(7)25(33)22(8)27(34)37-23)38-28-20(6)16(2)12-19(5)36-28/h14,16-17,19-23,25-26,28,31,33,35H,11-13,15H2,1-10H3;14-17,19-23,26,28,35H,11-13H2,1-10H3/b2*18-14+/t16-,17+,19+,20+,21-,22+,23+,25-,26+,28?,30+;16-,17+,19+,20+,21-,22+,23+,26+,28?,30+/m00/s1. The molecule has 2 saturated heterocycles. The second-order valence-electron chi connectivity index (χ2n) is 25.3. The number of hydrogen-bond donors (Lipinski definition) is 4. The van der Waals surface area contributed by atoms with Crippen molar-refractivity contribution in [2.75, 3.05) is 6.61 Å². The number of hydrogen-bond acceptors (Lipinski definition) is 16. The Hall–Kier alpha value is -3.22. The Kier molecular flexibility index (Phi) is 24.1.